The van der Waals surface area contributed by atoms with Crippen molar-refractivity contribution in [1.29, 1.82) is 0 Å². The van der Waals surface area contributed by atoms with Crippen LogP contribution in [-0.2, 0) is 25.6 Å². The highest BCUT2D eigenvalue weighted by molar-refractivity contribution is 5.97. The number of aromatic nitrogens is 2. The van der Waals surface area contributed by atoms with Crippen molar-refractivity contribution in [2.45, 2.75) is 50.2 Å². The predicted molar refractivity (Wildman–Crippen MR) is 88.8 cm³/mol. The first kappa shape index (κ1) is 18.2. The van der Waals surface area contributed by atoms with Gasteiger partial charge in [-0.25, -0.2) is 14.6 Å². The zero-order valence-electron chi connectivity index (χ0n) is 14.3. The summed E-state index contributed by atoms with van der Waals surface area (Å²) in [5.74, 6) is -2.00. The number of H-pyrrole nitrogens is 1. The van der Waals surface area contributed by atoms with E-state index in [2.05, 4.69) is 15.3 Å². The number of carbonyl (C=O) groups excluding carboxylic acids is 4. The molecule has 10 nitrogen and oxygen atoms in total. The van der Waals surface area contributed by atoms with Crippen molar-refractivity contribution in [3.05, 3.63) is 18.2 Å². The number of imidazole rings is 1. The molecule has 2 aliphatic heterocycles. The molecule has 26 heavy (non-hydrogen) atoms. The maximum Gasteiger partial charge on any atom is 0.344 e. The summed E-state index contributed by atoms with van der Waals surface area (Å²) in [5.41, 5.74) is 12.3. The Balaban J connectivity index is 1.92. The number of hydrogen-bond donors (Lipinski definition) is 4. The molecule has 0 saturated carbocycles. The van der Waals surface area contributed by atoms with Crippen molar-refractivity contribution in [2.75, 3.05) is 6.54 Å². The van der Waals surface area contributed by atoms with Gasteiger partial charge >= 0.3 is 11.8 Å². The van der Waals surface area contributed by atoms with Crippen LogP contribution in [0, 0.1) is 0 Å². The molecule has 1 unspecified atom stereocenters. The van der Waals surface area contributed by atoms with Crippen molar-refractivity contribution < 1.29 is 23.7 Å². The van der Waals surface area contributed by atoms with Gasteiger partial charge in [0.15, 0.2) is 6.04 Å². The van der Waals surface area contributed by atoms with Crippen LogP contribution in [0.2, 0.25) is 0 Å². The van der Waals surface area contributed by atoms with E-state index in [0.29, 0.717) is 25.0 Å². The molecule has 4 amide bonds. The van der Waals surface area contributed by atoms with Gasteiger partial charge in [0, 0.05) is 37.6 Å². The molecule has 0 radical (unpaired) electrons. The smallest absolute Gasteiger partial charge is 0.344 e. The second kappa shape index (κ2) is 6.96. The first-order chi connectivity index (χ1) is 12.4. The van der Waals surface area contributed by atoms with E-state index in [4.69, 9.17) is 11.5 Å². The molecule has 2 saturated heterocycles. The van der Waals surface area contributed by atoms with Crippen LogP contribution in [0.5, 0.6) is 0 Å². The Morgan fingerprint density at radius 3 is 2.69 bits per heavy atom. The number of aromatic amines is 1. The van der Waals surface area contributed by atoms with Crippen molar-refractivity contribution in [3.63, 3.8) is 0 Å². The minimum Gasteiger partial charge on any atom is -0.364 e. The molecule has 2 aliphatic rings. The fraction of sp³-hybridized carbons (Fsp3) is 0.562. The summed E-state index contributed by atoms with van der Waals surface area (Å²) >= 11 is 0. The number of rotatable bonds is 5. The molecule has 4 atom stereocenters. The lowest BCUT2D eigenvalue weighted by Gasteiger charge is -2.36. The van der Waals surface area contributed by atoms with Gasteiger partial charge in [0.25, 0.3) is 5.91 Å². The number of primary amides is 1. The zero-order chi connectivity index (χ0) is 18.9. The minimum atomic E-state index is -1.00. The van der Waals surface area contributed by atoms with E-state index in [9.17, 15) is 19.2 Å². The average molecular weight is 363 g/mol. The predicted octanol–water partition coefficient (Wildman–Crippen LogP) is -1.92. The fourth-order valence-corrected chi connectivity index (χ4v) is 4.00. The third-order valence-corrected chi connectivity index (χ3v) is 5.24. The molecule has 2 fully saturated rings. The molecule has 0 aliphatic carbocycles. The molecule has 3 rings (SSSR count). The first-order valence-corrected chi connectivity index (χ1v) is 8.64. The third kappa shape index (κ3) is 3.01. The van der Waals surface area contributed by atoms with E-state index in [0.717, 1.165) is 0 Å². The lowest BCUT2D eigenvalue weighted by Crippen LogP contribution is -2.70. The number of imide groups is 1. The fourth-order valence-electron chi connectivity index (χ4n) is 4.00. The maximum absolute atomic E-state index is 13.3. The summed E-state index contributed by atoms with van der Waals surface area (Å²) in [6, 6.07) is -2.76. The van der Waals surface area contributed by atoms with Crippen molar-refractivity contribution >= 4 is 23.6 Å². The molecule has 140 valence electrons. The Hall–Kier alpha value is -2.59. The van der Waals surface area contributed by atoms with Gasteiger partial charge in [0.1, 0.15) is 12.1 Å². The normalized spacial score (nSPS) is 29.3. The van der Waals surface area contributed by atoms with Gasteiger partial charge in [0.05, 0.1) is 12.9 Å². The van der Waals surface area contributed by atoms with Crippen LogP contribution in [0.25, 0.3) is 0 Å². The number of carbonyl (C=O) groups is 4. The molecular weight excluding hydrogens is 340 g/mol. The lowest BCUT2D eigenvalue weighted by molar-refractivity contribution is -0.783. The van der Waals surface area contributed by atoms with Gasteiger partial charge < -0.3 is 21.8 Å². The summed E-state index contributed by atoms with van der Waals surface area (Å²) in [6.07, 6.45) is 4.53. The second-order valence-corrected chi connectivity index (χ2v) is 6.88. The van der Waals surface area contributed by atoms with Crippen LogP contribution < -0.4 is 16.8 Å². The van der Waals surface area contributed by atoms with Crippen molar-refractivity contribution in [2.24, 2.45) is 11.5 Å². The SMILES string of the molecule is NC(=O)[C@@H]1CCC[N+]1(C(=O)[C@@H]1CCC(=O)N1)C(=O)[C@@H](N)Cc1cnc[nH]1. The number of likely N-dealkylation sites (tertiary alicyclic amines) is 1. The molecule has 3 heterocycles. The highest BCUT2D eigenvalue weighted by Gasteiger charge is 2.60. The van der Waals surface area contributed by atoms with Crippen molar-refractivity contribution in [1.82, 2.24) is 15.3 Å². The van der Waals surface area contributed by atoms with E-state index < -0.39 is 40.3 Å². The molecule has 0 bridgehead atoms. The topological polar surface area (TPSA) is 161 Å². The standard InChI is InChI=1S/C16H22N6O4/c17-10(6-9-7-19-8-20-9)15(25)22(5-1-2-12(22)14(18)24)16(26)11-3-4-13(23)21-11/h7-8,10-12H,1-6,17H2,(H3-,18,19,20,21,23,24)/p+1/t10-,11-,12-,22?/m0/s1. The Kier molecular flexibility index (Phi) is 4.88. The molecule has 6 N–H and O–H groups in total. The van der Waals surface area contributed by atoms with Gasteiger partial charge in [-0.15, -0.1) is 0 Å². The Labute approximate surface area is 149 Å². The summed E-state index contributed by atoms with van der Waals surface area (Å²) in [4.78, 5) is 56.8. The van der Waals surface area contributed by atoms with Gasteiger partial charge in [-0.2, -0.15) is 4.48 Å². The van der Waals surface area contributed by atoms with Gasteiger partial charge in [0.2, 0.25) is 5.91 Å². The Bertz CT molecular complexity index is 733. The van der Waals surface area contributed by atoms with Gasteiger partial charge in [-0.3, -0.25) is 9.59 Å². The van der Waals surface area contributed by atoms with Crippen LogP contribution in [0.4, 0.5) is 0 Å². The quantitative estimate of drug-likeness (QED) is 0.446. The summed E-state index contributed by atoms with van der Waals surface area (Å²) < 4.78 is -0.713. The molecule has 10 heteroatoms. The largest absolute Gasteiger partial charge is 0.364 e. The van der Waals surface area contributed by atoms with E-state index in [-0.39, 0.29) is 25.3 Å². The van der Waals surface area contributed by atoms with Crippen LogP contribution in [0.1, 0.15) is 31.4 Å². The summed E-state index contributed by atoms with van der Waals surface area (Å²) in [5, 5.41) is 2.59. The monoisotopic (exact) mass is 363 g/mol. The van der Waals surface area contributed by atoms with Crippen molar-refractivity contribution in [3.8, 4) is 0 Å². The summed E-state index contributed by atoms with van der Waals surface area (Å²) in [6.45, 7) is 0.161. The summed E-state index contributed by atoms with van der Waals surface area (Å²) in [7, 11) is 0. The molecular formula is C16H23N6O4+. The Morgan fingerprint density at radius 1 is 1.35 bits per heavy atom. The van der Waals surface area contributed by atoms with Crippen LogP contribution in [0.15, 0.2) is 12.5 Å². The van der Waals surface area contributed by atoms with Crippen LogP contribution in [-0.4, -0.2) is 62.7 Å². The first-order valence-electron chi connectivity index (χ1n) is 8.64. The van der Waals surface area contributed by atoms with Crippen LogP contribution in [0.3, 0.4) is 0 Å². The number of amides is 4. The average Bonchev–Trinajstić information content (AvgIpc) is 3.33. The number of quaternary nitrogens is 1. The molecule has 1 aromatic rings. The number of nitrogens with zero attached hydrogens (tertiary/aromatic N) is 2. The van der Waals surface area contributed by atoms with Crippen LogP contribution >= 0.6 is 0 Å². The second-order valence-electron chi connectivity index (χ2n) is 6.88. The maximum atomic E-state index is 13.3. The molecule has 0 spiro atoms. The minimum absolute atomic E-state index is 0.161. The highest BCUT2D eigenvalue weighted by Crippen LogP contribution is 2.31. The van der Waals surface area contributed by atoms with Gasteiger partial charge in [-0.1, -0.05) is 0 Å². The van der Waals surface area contributed by atoms with E-state index in [1.54, 1.807) is 6.20 Å². The lowest BCUT2D eigenvalue weighted by atomic mass is 10.0. The number of nitrogens with one attached hydrogen (secondary N) is 2. The molecule has 1 aromatic heterocycles. The van der Waals surface area contributed by atoms with E-state index in [1.165, 1.54) is 6.33 Å². The third-order valence-electron chi connectivity index (χ3n) is 5.24. The van der Waals surface area contributed by atoms with E-state index >= 15 is 0 Å². The number of nitrogens with two attached hydrogens (primary N) is 2. The van der Waals surface area contributed by atoms with E-state index in [1.807, 2.05) is 0 Å². The number of hydrogen-bond acceptors (Lipinski definition) is 6. The van der Waals surface area contributed by atoms with Gasteiger partial charge in [-0.05, 0) is 6.42 Å². The highest BCUT2D eigenvalue weighted by atomic mass is 16.2. The molecule has 0 aromatic carbocycles. The Morgan fingerprint density at radius 2 is 2.12 bits per heavy atom. The zero-order valence-corrected chi connectivity index (χ0v) is 14.3.